The Morgan fingerprint density at radius 3 is 2.52 bits per heavy atom. The van der Waals surface area contributed by atoms with Crippen LogP contribution in [0.4, 0.5) is 11.9 Å². The zero-order chi connectivity index (χ0) is 16.3. The van der Waals surface area contributed by atoms with Crippen LogP contribution in [0.1, 0.15) is 12.8 Å². The first-order chi connectivity index (χ1) is 11.0. The molecule has 1 aromatic heterocycles. The Morgan fingerprint density at radius 1 is 1.17 bits per heavy atom. The number of hydrogen-bond acceptors (Lipinski definition) is 8. The highest BCUT2D eigenvalue weighted by Crippen LogP contribution is 2.17. The lowest BCUT2D eigenvalue weighted by atomic mass is 10.1. The van der Waals surface area contributed by atoms with Crippen molar-refractivity contribution in [1.82, 2.24) is 19.3 Å². The van der Waals surface area contributed by atoms with Crippen molar-refractivity contribution in [2.45, 2.75) is 18.9 Å². The summed E-state index contributed by atoms with van der Waals surface area (Å²) in [6.45, 7) is 3.96. The van der Waals surface area contributed by atoms with Crippen LogP contribution in [0.3, 0.4) is 0 Å². The minimum absolute atomic E-state index is 0.174. The summed E-state index contributed by atoms with van der Waals surface area (Å²) in [4.78, 5) is 14.9. The molecule has 0 aliphatic carbocycles. The van der Waals surface area contributed by atoms with Gasteiger partial charge in [-0.2, -0.15) is 4.98 Å². The largest absolute Gasteiger partial charge is 0.378 e. The molecule has 1 N–H and O–H groups in total. The van der Waals surface area contributed by atoms with Gasteiger partial charge in [0, 0.05) is 32.2 Å². The van der Waals surface area contributed by atoms with Gasteiger partial charge in [-0.25, -0.2) is 22.7 Å². The molecule has 3 rings (SSSR count). The minimum atomic E-state index is -3.10. The number of hydrogen-bond donors (Lipinski definition) is 1. The number of anilines is 2. The molecule has 9 nitrogen and oxygen atoms in total. The SMILES string of the molecule is CS(=O)(=O)N1CCC(Nc2ncnc(N3CCOCC3)n2)CC1. The third kappa shape index (κ3) is 4.27. The molecule has 2 saturated heterocycles. The molecule has 23 heavy (non-hydrogen) atoms. The average Bonchev–Trinajstić information content (AvgIpc) is 2.56. The van der Waals surface area contributed by atoms with Crippen LogP contribution in [0.15, 0.2) is 6.33 Å². The van der Waals surface area contributed by atoms with Crippen molar-refractivity contribution < 1.29 is 13.2 Å². The van der Waals surface area contributed by atoms with E-state index in [9.17, 15) is 8.42 Å². The first-order valence-corrected chi connectivity index (χ1v) is 9.60. The molecular formula is C13H22N6O3S. The van der Waals surface area contributed by atoms with E-state index in [-0.39, 0.29) is 6.04 Å². The molecule has 2 fully saturated rings. The third-order valence-electron chi connectivity index (χ3n) is 4.11. The van der Waals surface area contributed by atoms with E-state index in [0.717, 1.165) is 25.9 Å². The summed E-state index contributed by atoms with van der Waals surface area (Å²) in [6.07, 6.45) is 4.24. The summed E-state index contributed by atoms with van der Waals surface area (Å²) in [5, 5.41) is 3.29. The van der Waals surface area contributed by atoms with Crippen molar-refractivity contribution in [3.63, 3.8) is 0 Å². The first kappa shape index (κ1) is 16.3. The van der Waals surface area contributed by atoms with Crippen LogP contribution in [0.2, 0.25) is 0 Å². The van der Waals surface area contributed by atoms with Crippen molar-refractivity contribution in [2.75, 3.05) is 55.9 Å². The fraction of sp³-hybridized carbons (Fsp3) is 0.769. The van der Waals surface area contributed by atoms with Crippen LogP contribution >= 0.6 is 0 Å². The van der Waals surface area contributed by atoms with Gasteiger partial charge >= 0.3 is 0 Å². The van der Waals surface area contributed by atoms with Crippen LogP contribution in [0.25, 0.3) is 0 Å². The van der Waals surface area contributed by atoms with E-state index in [1.54, 1.807) is 0 Å². The summed E-state index contributed by atoms with van der Waals surface area (Å²) < 4.78 is 29.9. The highest BCUT2D eigenvalue weighted by atomic mass is 32.2. The van der Waals surface area contributed by atoms with Gasteiger partial charge in [0.1, 0.15) is 6.33 Å². The quantitative estimate of drug-likeness (QED) is 0.785. The lowest BCUT2D eigenvalue weighted by molar-refractivity contribution is 0.122. The Balaban J connectivity index is 1.58. The second-order valence-corrected chi connectivity index (χ2v) is 7.77. The molecule has 0 atom stereocenters. The maximum Gasteiger partial charge on any atom is 0.230 e. The van der Waals surface area contributed by atoms with Crippen LogP contribution in [0, 0.1) is 0 Å². The Morgan fingerprint density at radius 2 is 1.87 bits per heavy atom. The van der Waals surface area contributed by atoms with Crippen molar-refractivity contribution in [3.05, 3.63) is 6.33 Å². The topological polar surface area (TPSA) is 101 Å². The maximum atomic E-state index is 11.5. The number of nitrogens with one attached hydrogen (secondary N) is 1. The Labute approximate surface area is 136 Å². The van der Waals surface area contributed by atoms with Gasteiger partial charge in [-0.3, -0.25) is 0 Å². The highest BCUT2D eigenvalue weighted by Gasteiger charge is 2.25. The van der Waals surface area contributed by atoms with Crippen molar-refractivity contribution in [3.8, 4) is 0 Å². The van der Waals surface area contributed by atoms with Gasteiger partial charge in [0.15, 0.2) is 0 Å². The average molecular weight is 342 g/mol. The van der Waals surface area contributed by atoms with E-state index >= 15 is 0 Å². The maximum absolute atomic E-state index is 11.5. The number of morpholine rings is 1. The number of ether oxygens (including phenoxy) is 1. The lowest BCUT2D eigenvalue weighted by Gasteiger charge is -2.31. The van der Waals surface area contributed by atoms with Crippen LogP contribution < -0.4 is 10.2 Å². The van der Waals surface area contributed by atoms with Gasteiger partial charge in [-0.05, 0) is 12.8 Å². The number of rotatable bonds is 4. The predicted octanol–water partition coefficient (Wildman–Crippen LogP) is -0.456. The second-order valence-electron chi connectivity index (χ2n) is 5.79. The van der Waals surface area contributed by atoms with E-state index in [1.807, 2.05) is 0 Å². The molecule has 0 bridgehead atoms. The summed E-state index contributed by atoms with van der Waals surface area (Å²) >= 11 is 0. The highest BCUT2D eigenvalue weighted by molar-refractivity contribution is 7.88. The molecule has 0 unspecified atom stereocenters. The fourth-order valence-electron chi connectivity index (χ4n) is 2.79. The van der Waals surface area contributed by atoms with E-state index < -0.39 is 10.0 Å². The minimum Gasteiger partial charge on any atom is -0.378 e. The van der Waals surface area contributed by atoms with Crippen molar-refractivity contribution >= 4 is 21.9 Å². The predicted molar refractivity (Wildman–Crippen MR) is 85.9 cm³/mol. The van der Waals surface area contributed by atoms with Gasteiger partial charge in [-0.15, -0.1) is 0 Å². The second kappa shape index (κ2) is 6.93. The number of aromatic nitrogens is 3. The molecule has 10 heteroatoms. The van der Waals surface area contributed by atoms with Gasteiger partial charge in [0.2, 0.25) is 21.9 Å². The Bertz CT molecular complexity index is 626. The number of sulfonamides is 1. The Kier molecular flexibility index (Phi) is 4.93. The molecule has 0 aromatic carbocycles. The molecule has 0 spiro atoms. The van der Waals surface area contributed by atoms with Crippen LogP contribution in [0.5, 0.6) is 0 Å². The van der Waals surface area contributed by atoms with Crippen LogP contribution in [-0.4, -0.2) is 79.4 Å². The summed E-state index contributed by atoms with van der Waals surface area (Å²) in [7, 11) is -3.10. The molecule has 128 valence electrons. The van der Waals surface area contributed by atoms with Gasteiger partial charge in [-0.1, -0.05) is 0 Å². The molecule has 2 aliphatic rings. The molecule has 0 amide bonds. The van der Waals surface area contributed by atoms with Gasteiger partial charge < -0.3 is 15.0 Å². The summed E-state index contributed by atoms with van der Waals surface area (Å²) in [5.74, 6) is 1.19. The Hall–Kier alpha value is -1.52. The lowest BCUT2D eigenvalue weighted by Crippen LogP contribution is -2.42. The fourth-order valence-corrected chi connectivity index (χ4v) is 3.66. The van der Waals surface area contributed by atoms with Crippen molar-refractivity contribution in [2.24, 2.45) is 0 Å². The van der Waals surface area contributed by atoms with Gasteiger partial charge in [0.25, 0.3) is 0 Å². The molecular weight excluding hydrogens is 320 g/mol. The molecule has 0 radical (unpaired) electrons. The van der Waals surface area contributed by atoms with Gasteiger partial charge in [0.05, 0.1) is 19.5 Å². The molecule has 0 saturated carbocycles. The smallest absolute Gasteiger partial charge is 0.230 e. The monoisotopic (exact) mass is 342 g/mol. The molecule has 1 aromatic rings. The van der Waals surface area contributed by atoms with E-state index in [0.29, 0.717) is 38.2 Å². The van der Waals surface area contributed by atoms with E-state index in [2.05, 4.69) is 25.2 Å². The zero-order valence-corrected chi connectivity index (χ0v) is 14.0. The summed E-state index contributed by atoms with van der Waals surface area (Å²) in [6, 6.07) is 0.174. The van der Waals surface area contributed by atoms with Crippen LogP contribution in [-0.2, 0) is 14.8 Å². The standard InChI is InChI=1S/C13H22N6O3S/c1-23(20,21)19-4-2-11(3-5-19)16-12-14-10-15-13(17-12)18-6-8-22-9-7-18/h10-11H,2-9H2,1H3,(H,14,15,16,17). The van der Waals surface area contributed by atoms with E-state index in [1.165, 1.54) is 16.9 Å². The number of piperidine rings is 1. The number of nitrogens with zero attached hydrogens (tertiary/aromatic N) is 5. The zero-order valence-electron chi connectivity index (χ0n) is 13.2. The molecule has 2 aliphatic heterocycles. The third-order valence-corrected chi connectivity index (χ3v) is 5.41. The first-order valence-electron chi connectivity index (χ1n) is 7.76. The van der Waals surface area contributed by atoms with Crippen molar-refractivity contribution in [1.29, 1.82) is 0 Å². The summed E-state index contributed by atoms with van der Waals surface area (Å²) in [5.41, 5.74) is 0. The molecule has 3 heterocycles. The normalized spacial score (nSPS) is 21.3. The van der Waals surface area contributed by atoms with E-state index in [4.69, 9.17) is 4.74 Å².